The van der Waals surface area contributed by atoms with Crippen molar-refractivity contribution in [3.8, 4) is 5.75 Å². The summed E-state index contributed by atoms with van der Waals surface area (Å²) in [6.07, 6.45) is 5.64. The third kappa shape index (κ3) is 4.58. The predicted molar refractivity (Wildman–Crippen MR) is 92.2 cm³/mol. The molecule has 0 spiro atoms. The van der Waals surface area contributed by atoms with Crippen molar-refractivity contribution >= 4 is 11.5 Å². The quantitative estimate of drug-likeness (QED) is 0.849. The second kappa shape index (κ2) is 8.16. The van der Waals surface area contributed by atoms with E-state index in [1.807, 2.05) is 43.1 Å². The maximum absolute atomic E-state index is 12.5. The number of rotatable bonds is 5. The number of aliphatic hydroxyl groups is 1. The number of ether oxygens (including phenoxy) is 1. The number of aliphatic hydroxyl groups excluding tert-OH is 1. The minimum Gasteiger partial charge on any atom is -0.497 e. The molecule has 4 heteroatoms. The standard InChI is InChI=1S/C19H27NO3/c1-14(16-5-4-6-18(12-16)23-3)11-19(22)20(2)17-9-7-15(13-21)8-10-17/h4-6,11-12,15,17,21H,7-10,13H2,1-3H3/b14-11+. The Morgan fingerprint density at radius 1 is 1.35 bits per heavy atom. The van der Waals surface area contributed by atoms with Gasteiger partial charge in [0.05, 0.1) is 7.11 Å². The molecular weight excluding hydrogens is 290 g/mol. The fraction of sp³-hybridized carbons (Fsp3) is 0.526. The van der Waals surface area contributed by atoms with Crippen LogP contribution in [0.25, 0.3) is 5.57 Å². The molecule has 0 atom stereocenters. The number of carbonyl (C=O) groups excluding carboxylic acids is 1. The Morgan fingerprint density at radius 3 is 2.65 bits per heavy atom. The summed E-state index contributed by atoms with van der Waals surface area (Å²) in [5, 5.41) is 9.21. The van der Waals surface area contributed by atoms with E-state index in [0.717, 1.165) is 42.6 Å². The van der Waals surface area contributed by atoms with Crippen LogP contribution in [-0.2, 0) is 4.79 Å². The van der Waals surface area contributed by atoms with Gasteiger partial charge in [0.2, 0.25) is 5.91 Å². The molecule has 2 rings (SSSR count). The first-order chi connectivity index (χ1) is 11.0. The van der Waals surface area contributed by atoms with E-state index in [4.69, 9.17) is 4.74 Å². The molecule has 1 fully saturated rings. The van der Waals surface area contributed by atoms with Crippen LogP contribution in [0.4, 0.5) is 0 Å². The lowest BCUT2D eigenvalue weighted by Gasteiger charge is -2.33. The van der Waals surface area contributed by atoms with Crippen molar-refractivity contribution in [3.05, 3.63) is 35.9 Å². The fourth-order valence-corrected chi connectivity index (χ4v) is 3.13. The first-order valence-electron chi connectivity index (χ1n) is 8.25. The van der Waals surface area contributed by atoms with Crippen molar-refractivity contribution in [1.82, 2.24) is 4.90 Å². The molecule has 4 nitrogen and oxygen atoms in total. The summed E-state index contributed by atoms with van der Waals surface area (Å²) in [6, 6.07) is 8.01. The number of carbonyl (C=O) groups is 1. The number of hydrogen-bond donors (Lipinski definition) is 1. The van der Waals surface area contributed by atoms with Crippen LogP contribution >= 0.6 is 0 Å². The minimum atomic E-state index is 0.0396. The molecule has 126 valence electrons. The molecule has 1 N–H and O–H groups in total. The van der Waals surface area contributed by atoms with Crippen molar-refractivity contribution in [3.63, 3.8) is 0 Å². The molecule has 1 aliphatic carbocycles. The Labute approximate surface area is 138 Å². The third-order valence-corrected chi connectivity index (χ3v) is 4.83. The lowest BCUT2D eigenvalue weighted by Crippen LogP contribution is -2.39. The topological polar surface area (TPSA) is 49.8 Å². The molecule has 0 bridgehead atoms. The van der Waals surface area contributed by atoms with Gasteiger partial charge in [-0.25, -0.2) is 0 Å². The molecule has 0 radical (unpaired) electrons. The number of likely N-dealkylation sites (N-methyl/N-ethyl adjacent to an activating group) is 1. The van der Waals surface area contributed by atoms with E-state index in [0.29, 0.717) is 5.92 Å². The molecule has 1 aromatic rings. The van der Waals surface area contributed by atoms with Gasteiger partial charge in [0.15, 0.2) is 0 Å². The van der Waals surface area contributed by atoms with E-state index in [1.165, 1.54) is 0 Å². The van der Waals surface area contributed by atoms with Crippen molar-refractivity contribution < 1.29 is 14.6 Å². The van der Waals surface area contributed by atoms with E-state index in [1.54, 1.807) is 13.2 Å². The van der Waals surface area contributed by atoms with Crippen molar-refractivity contribution in [2.45, 2.75) is 38.6 Å². The molecular formula is C19H27NO3. The zero-order valence-electron chi connectivity index (χ0n) is 14.3. The maximum atomic E-state index is 12.5. The van der Waals surface area contributed by atoms with Crippen LogP contribution < -0.4 is 4.74 Å². The van der Waals surface area contributed by atoms with E-state index < -0.39 is 0 Å². The molecule has 0 unspecified atom stereocenters. The Bertz CT molecular complexity index is 559. The summed E-state index contributed by atoms with van der Waals surface area (Å²) in [4.78, 5) is 14.3. The van der Waals surface area contributed by atoms with Crippen molar-refractivity contribution in [2.24, 2.45) is 5.92 Å². The normalized spacial score (nSPS) is 21.8. The lowest BCUT2D eigenvalue weighted by atomic mass is 9.86. The van der Waals surface area contributed by atoms with Gasteiger partial charge in [0.1, 0.15) is 5.75 Å². The molecule has 1 amide bonds. The van der Waals surface area contributed by atoms with Gasteiger partial charge >= 0.3 is 0 Å². The number of hydrogen-bond acceptors (Lipinski definition) is 3. The summed E-state index contributed by atoms with van der Waals surface area (Å²) >= 11 is 0. The van der Waals surface area contributed by atoms with Gasteiger partial charge in [0.25, 0.3) is 0 Å². The van der Waals surface area contributed by atoms with Gasteiger partial charge in [-0.2, -0.15) is 0 Å². The summed E-state index contributed by atoms with van der Waals surface area (Å²) < 4.78 is 5.23. The summed E-state index contributed by atoms with van der Waals surface area (Å²) in [6.45, 7) is 2.21. The average molecular weight is 317 g/mol. The summed E-state index contributed by atoms with van der Waals surface area (Å²) in [7, 11) is 3.52. The first kappa shape index (κ1) is 17.5. The molecule has 0 saturated heterocycles. The molecule has 1 aliphatic rings. The smallest absolute Gasteiger partial charge is 0.246 e. The molecule has 0 aliphatic heterocycles. The highest BCUT2D eigenvalue weighted by molar-refractivity contribution is 5.95. The largest absolute Gasteiger partial charge is 0.497 e. The van der Waals surface area contributed by atoms with Gasteiger partial charge in [-0.1, -0.05) is 12.1 Å². The van der Waals surface area contributed by atoms with E-state index in [-0.39, 0.29) is 18.6 Å². The van der Waals surface area contributed by atoms with Crippen LogP contribution in [0, 0.1) is 5.92 Å². The highest BCUT2D eigenvalue weighted by atomic mass is 16.5. The Kier molecular flexibility index (Phi) is 6.22. The predicted octanol–water partition coefficient (Wildman–Crippen LogP) is 3.11. The maximum Gasteiger partial charge on any atom is 0.246 e. The first-order valence-corrected chi connectivity index (χ1v) is 8.25. The zero-order chi connectivity index (χ0) is 16.8. The van der Waals surface area contributed by atoms with Crippen molar-refractivity contribution in [2.75, 3.05) is 20.8 Å². The summed E-state index contributed by atoms with van der Waals surface area (Å²) in [5.41, 5.74) is 1.93. The van der Waals surface area contributed by atoms with Crippen LogP contribution in [0.2, 0.25) is 0 Å². The van der Waals surface area contributed by atoms with Crippen molar-refractivity contribution in [1.29, 1.82) is 0 Å². The highest BCUT2D eigenvalue weighted by Gasteiger charge is 2.25. The number of allylic oxidation sites excluding steroid dienone is 1. The Hall–Kier alpha value is -1.81. The Morgan fingerprint density at radius 2 is 2.04 bits per heavy atom. The van der Waals surface area contributed by atoms with Crippen LogP contribution in [0.5, 0.6) is 5.75 Å². The number of amides is 1. The van der Waals surface area contributed by atoms with Gasteiger partial charge in [0, 0.05) is 25.8 Å². The summed E-state index contributed by atoms with van der Waals surface area (Å²) in [5.74, 6) is 1.24. The van der Waals surface area contributed by atoms with Crippen LogP contribution in [0.15, 0.2) is 30.3 Å². The van der Waals surface area contributed by atoms with E-state index in [9.17, 15) is 9.90 Å². The van der Waals surface area contributed by atoms with E-state index >= 15 is 0 Å². The lowest BCUT2D eigenvalue weighted by molar-refractivity contribution is -0.127. The second-order valence-electron chi connectivity index (χ2n) is 6.37. The van der Waals surface area contributed by atoms with Gasteiger partial charge < -0.3 is 14.7 Å². The molecule has 0 aromatic heterocycles. The number of benzene rings is 1. The SMILES string of the molecule is COc1cccc(/C(C)=C/C(=O)N(C)C2CCC(CO)CC2)c1. The van der Waals surface area contributed by atoms with Crippen LogP contribution in [0.3, 0.4) is 0 Å². The highest BCUT2D eigenvalue weighted by Crippen LogP contribution is 2.27. The molecule has 23 heavy (non-hydrogen) atoms. The van der Waals surface area contributed by atoms with Gasteiger partial charge in [-0.05, 0) is 61.8 Å². The molecule has 0 heterocycles. The molecule has 1 saturated carbocycles. The van der Waals surface area contributed by atoms with Crippen LogP contribution in [-0.4, -0.2) is 42.7 Å². The zero-order valence-corrected chi connectivity index (χ0v) is 14.3. The van der Waals surface area contributed by atoms with Gasteiger partial charge in [-0.15, -0.1) is 0 Å². The fourth-order valence-electron chi connectivity index (χ4n) is 3.13. The van der Waals surface area contributed by atoms with Crippen LogP contribution in [0.1, 0.15) is 38.2 Å². The number of methoxy groups -OCH3 is 1. The monoisotopic (exact) mass is 317 g/mol. The third-order valence-electron chi connectivity index (χ3n) is 4.83. The van der Waals surface area contributed by atoms with E-state index in [2.05, 4.69) is 0 Å². The van der Waals surface area contributed by atoms with Gasteiger partial charge in [-0.3, -0.25) is 4.79 Å². The number of nitrogens with zero attached hydrogens (tertiary/aromatic N) is 1. The molecule has 1 aromatic carbocycles. The minimum absolute atomic E-state index is 0.0396. The Balaban J connectivity index is 2.01. The second-order valence-corrected chi connectivity index (χ2v) is 6.37. The average Bonchev–Trinajstić information content (AvgIpc) is 2.61.